The van der Waals surface area contributed by atoms with Crippen molar-refractivity contribution in [3.05, 3.63) is 45.4 Å². The molecule has 1 unspecified atom stereocenters. The quantitative estimate of drug-likeness (QED) is 0.816. The van der Waals surface area contributed by atoms with Crippen molar-refractivity contribution in [1.82, 2.24) is 20.4 Å². The van der Waals surface area contributed by atoms with Crippen LogP contribution in [0.15, 0.2) is 24.3 Å². The van der Waals surface area contributed by atoms with Crippen LogP contribution in [0, 0.1) is 6.92 Å². The van der Waals surface area contributed by atoms with Gasteiger partial charge in [0.1, 0.15) is 11.0 Å². The van der Waals surface area contributed by atoms with Crippen LogP contribution in [-0.2, 0) is 17.9 Å². The number of aromatic nitrogens is 2. The average molecular weight is 360 g/mol. The highest BCUT2D eigenvalue weighted by atomic mass is 32.1. The van der Waals surface area contributed by atoms with E-state index in [-0.39, 0.29) is 5.91 Å². The first-order chi connectivity index (χ1) is 12.0. The summed E-state index contributed by atoms with van der Waals surface area (Å²) in [7, 11) is 0. The molecule has 0 radical (unpaired) electrons. The van der Waals surface area contributed by atoms with E-state index in [0.717, 1.165) is 18.5 Å². The first-order valence-electron chi connectivity index (χ1n) is 8.16. The van der Waals surface area contributed by atoms with Gasteiger partial charge in [-0.25, -0.2) is 0 Å². The number of hydrogen-bond acceptors (Lipinski definition) is 6. The zero-order valence-electron chi connectivity index (χ0n) is 13.9. The predicted octanol–water partition coefficient (Wildman–Crippen LogP) is 1.83. The number of benzene rings is 1. The second-order valence-corrected chi connectivity index (χ2v) is 7.20. The molecule has 1 amide bonds. The first kappa shape index (κ1) is 17.5. The summed E-state index contributed by atoms with van der Waals surface area (Å²) in [5, 5.41) is 21.0. The maximum atomic E-state index is 12.2. The summed E-state index contributed by atoms with van der Waals surface area (Å²) < 4.78 is 0. The number of nitrogens with one attached hydrogen (secondary N) is 1. The van der Waals surface area contributed by atoms with Crippen molar-refractivity contribution in [2.24, 2.45) is 0 Å². The second kappa shape index (κ2) is 7.71. The third-order valence-corrected chi connectivity index (χ3v) is 5.13. The lowest BCUT2D eigenvalue weighted by molar-refractivity contribution is -0.142. The smallest absolute Gasteiger partial charge is 0.320 e. The van der Waals surface area contributed by atoms with E-state index in [2.05, 4.69) is 15.5 Å². The Kier molecular flexibility index (Phi) is 5.40. The van der Waals surface area contributed by atoms with Crippen molar-refractivity contribution >= 4 is 23.2 Å². The molecule has 3 rings (SSSR count). The zero-order valence-corrected chi connectivity index (χ0v) is 14.8. The fraction of sp³-hybridized carbons (Fsp3) is 0.412. The van der Waals surface area contributed by atoms with E-state index in [1.54, 1.807) is 0 Å². The lowest BCUT2D eigenvalue weighted by atomic mass is 10.1. The number of aliphatic carboxylic acids is 1. The van der Waals surface area contributed by atoms with E-state index in [1.165, 1.54) is 16.9 Å². The number of hydrogen-bond donors (Lipinski definition) is 2. The normalized spacial score (nSPS) is 17.6. The summed E-state index contributed by atoms with van der Waals surface area (Å²) in [6, 6.07) is 7.47. The summed E-state index contributed by atoms with van der Waals surface area (Å²) in [5.74, 6) is -1.07. The van der Waals surface area contributed by atoms with Crippen LogP contribution in [0.5, 0.6) is 0 Å². The summed E-state index contributed by atoms with van der Waals surface area (Å²) in [4.78, 5) is 25.3. The maximum Gasteiger partial charge on any atom is 0.320 e. The number of carboxylic acids is 1. The molecule has 0 bridgehead atoms. The summed E-state index contributed by atoms with van der Waals surface area (Å²) >= 11 is 1.21. The molecule has 1 aliphatic rings. The van der Waals surface area contributed by atoms with Crippen LogP contribution in [0.4, 0.5) is 0 Å². The Bertz CT molecular complexity index is 760. The van der Waals surface area contributed by atoms with Gasteiger partial charge in [-0.3, -0.25) is 14.5 Å². The van der Waals surface area contributed by atoms with Gasteiger partial charge in [-0.05, 0) is 31.9 Å². The van der Waals surface area contributed by atoms with Gasteiger partial charge < -0.3 is 10.4 Å². The highest BCUT2D eigenvalue weighted by Crippen LogP contribution is 2.21. The largest absolute Gasteiger partial charge is 0.480 e. The van der Waals surface area contributed by atoms with Gasteiger partial charge in [0.05, 0.1) is 6.54 Å². The predicted molar refractivity (Wildman–Crippen MR) is 93.3 cm³/mol. The lowest BCUT2D eigenvalue weighted by Crippen LogP contribution is -2.35. The van der Waals surface area contributed by atoms with Gasteiger partial charge in [-0.2, -0.15) is 0 Å². The highest BCUT2D eigenvalue weighted by molar-refractivity contribution is 7.13. The van der Waals surface area contributed by atoms with Crippen molar-refractivity contribution in [2.45, 2.75) is 38.9 Å². The van der Waals surface area contributed by atoms with Gasteiger partial charge in [0.2, 0.25) is 5.01 Å². The van der Waals surface area contributed by atoms with Crippen molar-refractivity contribution in [3.8, 4) is 0 Å². The minimum atomic E-state index is -0.807. The molecule has 7 nitrogen and oxygen atoms in total. The van der Waals surface area contributed by atoms with Crippen molar-refractivity contribution in [2.75, 3.05) is 6.54 Å². The Morgan fingerprint density at radius 2 is 2.08 bits per heavy atom. The van der Waals surface area contributed by atoms with E-state index in [4.69, 9.17) is 0 Å². The molecular formula is C17H20N4O3S. The van der Waals surface area contributed by atoms with E-state index >= 15 is 0 Å². The Morgan fingerprint density at radius 3 is 2.80 bits per heavy atom. The summed E-state index contributed by atoms with van der Waals surface area (Å²) in [5.41, 5.74) is 2.19. The molecule has 25 heavy (non-hydrogen) atoms. The van der Waals surface area contributed by atoms with E-state index < -0.39 is 12.0 Å². The maximum absolute atomic E-state index is 12.2. The van der Waals surface area contributed by atoms with Crippen molar-refractivity contribution in [1.29, 1.82) is 0 Å². The summed E-state index contributed by atoms with van der Waals surface area (Å²) in [6.07, 6.45) is 1.51. The zero-order chi connectivity index (χ0) is 17.8. The van der Waals surface area contributed by atoms with Crippen molar-refractivity contribution in [3.63, 3.8) is 0 Å². The van der Waals surface area contributed by atoms with Gasteiger partial charge in [-0.1, -0.05) is 41.2 Å². The molecular weight excluding hydrogens is 340 g/mol. The lowest BCUT2D eigenvalue weighted by Gasteiger charge is -2.18. The second-order valence-electron chi connectivity index (χ2n) is 6.14. The van der Waals surface area contributed by atoms with Crippen molar-refractivity contribution < 1.29 is 14.7 Å². The average Bonchev–Trinajstić information content (AvgIpc) is 3.24. The van der Waals surface area contributed by atoms with E-state index in [0.29, 0.717) is 29.5 Å². The first-order valence-corrected chi connectivity index (χ1v) is 8.97. The van der Waals surface area contributed by atoms with Gasteiger partial charge in [0.25, 0.3) is 5.91 Å². The van der Waals surface area contributed by atoms with Gasteiger partial charge in [0.15, 0.2) is 0 Å². The number of likely N-dealkylation sites (tertiary alicyclic amines) is 1. The topological polar surface area (TPSA) is 95.4 Å². The Labute approximate surface area is 149 Å². The molecule has 1 aromatic carbocycles. The van der Waals surface area contributed by atoms with Crippen LogP contribution in [0.1, 0.15) is 38.8 Å². The minimum absolute atomic E-state index is 0.263. The number of carbonyl (C=O) groups is 2. The molecule has 2 N–H and O–H groups in total. The molecule has 1 atom stereocenters. The molecule has 1 aromatic heterocycles. The third kappa shape index (κ3) is 4.40. The minimum Gasteiger partial charge on any atom is -0.480 e. The highest BCUT2D eigenvalue weighted by Gasteiger charge is 2.31. The Morgan fingerprint density at radius 1 is 1.32 bits per heavy atom. The number of rotatable bonds is 6. The van der Waals surface area contributed by atoms with Crippen LogP contribution in [0.2, 0.25) is 0 Å². The van der Waals surface area contributed by atoms with Crippen LogP contribution in [-0.4, -0.2) is 44.7 Å². The Hall–Kier alpha value is -2.32. The number of carbonyl (C=O) groups excluding carboxylic acids is 1. The fourth-order valence-electron chi connectivity index (χ4n) is 2.84. The molecule has 1 saturated heterocycles. The molecule has 8 heteroatoms. The van der Waals surface area contributed by atoms with Crippen LogP contribution < -0.4 is 5.32 Å². The standard InChI is InChI=1S/C17H20N4O3S/c1-11-4-6-12(7-5-11)9-18-15(22)16-20-19-14(25-16)10-21-8-2-3-13(21)17(23)24/h4-7,13H,2-3,8-10H2,1H3,(H,18,22)(H,23,24). The third-order valence-electron chi connectivity index (χ3n) is 4.22. The summed E-state index contributed by atoms with van der Waals surface area (Å²) in [6.45, 7) is 3.59. The van der Waals surface area contributed by atoms with Gasteiger partial charge in [-0.15, -0.1) is 10.2 Å². The SMILES string of the molecule is Cc1ccc(CNC(=O)c2nnc(CN3CCCC3C(=O)O)s2)cc1. The van der Waals surface area contributed by atoms with Crippen LogP contribution in [0.3, 0.4) is 0 Å². The molecule has 0 saturated carbocycles. The molecule has 1 fully saturated rings. The molecule has 132 valence electrons. The van der Waals surface area contributed by atoms with Crippen LogP contribution >= 0.6 is 11.3 Å². The monoisotopic (exact) mass is 360 g/mol. The number of amides is 1. The molecule has 2 aromatic rings. The fourth-order valence-corrected chi connectivity index (χ4v) is 3.62. The van der Waals surface area contributed by atoms with Gasteiger partial charge >= 0.3 is 5.97 Å². The van der Waals surface area contributed by atoms with E-state index in [1.807, 2.05) is 36.1 Å². The van der Waals surface area contributed by atoms with Gasteiger partial charge in [0, 0.05) is 6.54 Å². The number of nitrogens with zero attached hydrogens (tertiary/aromatic N) is 3. The molecule has 0 spiro atoms. The molecule has 1 aliphatic heterocycles. The van der Waals surface area contributed by atoms with E-state index in [9.17, 15) is 14.7 Å². The molecule has 0 aliphatic carbocycles. The van der Waals surface area contributed by atoms with Crippen LogP contribution in [0.25, 0.3) is 0 Å². The number of aryl methyl sites for hydroxylation is 1. The number of carboxylic acid groups (broad SMARTS) is 1. The Balaban J connectivity index is 1.56. The molecule has 2 heterocycles.